The number of aromatic carboxylic acids is 1. The molecule has 0 radical (unpaired) electrons. The maximum atomic E-state index is 11.0. The monoisotopic (exact) mass is 263 g/mol. The molecular weight excluding hydrogens is 258 g/mol. The lowest BCUT2D eigenvalue weighted by Gasteiger charge is -1.99. The second kappa shape index (κ2) is 3.68. The van der Waals surface area contributed by atoms with Crippen LogP contribution < -0.4 is 0 Å². The molecule has 17 heavy (non-hydrogen) atoms. The summed E-state index contributed by atoms with van der Waals surface area (Å²) in [4.78, 5) is 15.5. The van der Waals surface area contributed by atoms with Gasteiger partial charge in [-0.05, 0) is 12.1 Å². The molecule has 84 valence electrons. The van der Waals surface area contributed by atoms with Gasteiger partial charge in [0.15, 0.2) is 0 Å². The standard InChI is InChI=1S/C12H6ClNO2S/c13-11-7-5-9(12(15)16)17-10(7)6-3-1-2-4-8(6)14-11/h1-5H,(H,15,16). The lowest BCUT2D eigenvalue weighted by Crippen LogP contribution is -1.89. The van der Waals surface area contributed by atoms with Crippen molar-refractivity contribution in [1.29, 1.82) is 0 Å². The van der Waals surface area contributed by atoms with E-state index in [4.69, 9.17) is 16.7 Å². The number of rotatable bonds is 1. The van der Waals surface area contributed by atoms with E-state index in [0.29, 0.717) is 10.5 Å². The van der Waals surface area contributed by atoms with Gasteiger partial charge < -0.3 is 5.11 Å². The smallest absolute Gasteiger partial charge is 0.345 e. The number of hydrogen-bond acceptors (Lipinski definition) is 3. The summed E-state index contributed by atoms with van der Waals surface area (Å²) in [6.07, 6.45) is 0. The molecule has 1 N–H and O–H groups in total. The van der Waals surface area contributed by atoms with Crippen molar-refractivity contribution >= 4 is 49.9 Å². The molecule has 2 aromatic heterocycles. The van der Waals surface area contributed by atoms with Crippen LogP contribution in [0.3, 0.4) is 0 Å². The van der Waals surface area contributed by atoms with Crippen molar-refractivity contribution in [2.75, 3.05) is 0 Å². The molecule has 1 aromatic carbocycles. The van der Waals surface area contributed by atoms with Crippen LogP contribution in [0.2, 0.25) is 5.15 Å². The van der Waals surface area contributed by atoms with Crippen molar-refractivity contribution < 1.29 is 9.90 Å². The Hall–Kier alpha value is -1.65. The number of benzene rings is 1. The van der Waals surface area contributed by atoms with Gasteiger partial charge in [0.2, 0.25) is 0 Å². The number of hydrogen-bond donors (Lipinski definition) is 1. The van der Waals surface area contributed by atoms with Gasteiger partial charge in [-0.3, -0.25) is 0 Å². The summed E-state index contributed by atoms with van der Waals surface area (Å²) in [5, 5.41) is 11.0. The van der Waals surface area contributed by atoms with Gasteiger partial charge in [-0.1, -0.05) is 29.8 Å². The first-order valence-electron chi connectivity index (χ1n) is 4.88. The SMILES string of the molecule is O=C(O)c1cc2c(Cl)nc3ccccc3c2s1. The molecule has 0 spiro atoms. The average molecular weight is 264 g/mol. The summed E-state index contributed by atoms with van der Waals surface area (Å²) in [6.45, 7) is 0. The van der Waals surface area contributed by atoms with Crippen LogP contribution in [0.4, 0.5) is 0 Å². The van der Waals surface area contributed by atoms with Crippen LogP contribution in [-0.4, -0.2) is 16.1 Å². The van der Waals surface area contributed by atoms with E-state index in [2.05, 4.69) is 4.98 Å². The Morgan fingerprint density at radius 3 is 2.82 bits per heavy atom. The number of halogens is 1. The first-order valence-corrected chi connectivity index (χ1v) is 6.07. The molecule has 0 aliphatic heterocycles. The van der Waals surface area contributed by atoms with Gasteiger partial charge in [-0.25, -0.2) is 9.78 Å². The summed E-state index contributed by atoms with van der Waals surface area (Å²) in [6, 6.07) is 9.13. The van der Waals surface area contributed by atoms with Crippen molar-refractivity contribution in [3.63, 3.8) is 0 Å². The van der Waals surface area contributed by atoms with Gasteiger partial charge in [0.05, 0.1) is 5.52 Å². The van der Waals surface area contributed by atoms with Crippen LogP contribution in [0.1, 0.15) is 9.67 Å². The molecule has 5 heteroatoms. The van der Waals surface area contributed by atoms with E-state index in [-0.39, 0.29) is 4.88 Å². The molecule has 0 aliphatic carbocycles. The third-order valence-electron chi connectivity index (χ3n) is 2.53. The fourth-order valence-electron chi connectivity index (χ4n) is 1.78. The summed E-state index contributed by atoms with van der Waals surface area (Å²) in [7, 11) is 0. The van der Waals surface area contributed by atoms with Crippen molar-refractivity contribution in [1.82, 2.24) is 4.98 Å². The van der Waals surface area contributed by atoms with E-state index >= 15 is 0 Å². The zero-order valence-electron chi connectivity index (χ0n) is 8.48. The van der Waals surface area contributed by atoms with Gasteiger partial charge in [-0.15, -0.1) is 11.3 Å². The van der Waals surface area contributed by atoms with Gasteiger partial charge in [0.1, 0.15) is 10.0 Å². The fourth-order valence-corrected chi connectivity index (χ4v) is 3.11. The Labute approximate surface area is 105 Å². The molecule has 3 rings (SSSR count). The van der Waals surface area contributed by atoms with Crippen LogP contribution in [0.25, 0.3) is 21.0 Å². The second-order valence-corrected chi connectivity index (χ2v) is 4.99. The number of carbonyl (C=O) groups is 1. The van der Waals surface area contributed by atoms with E-state index in [0.717, 1.165) is 15.6 Å². The third-order valence-corrected chi connectivity index (χ3v) is 3.98. The van der Waals surface area contributed by atoms with Crippen molar-refractivity contribution in [2.24, 2.45) is 0 Å². The minimum Gasteiger partial charge on any atom is -0.477 e. The van der Waals surface area contributed by atoms with Gasteiger partial charge in [-0.2, -0.15) is 0 Å². The van der Waals surface area contributed by atoms with Crippen LogP contribution >= 0.6 is 22.9 Å². The summed E-state index contributed by atoms with van der Waals surface area (Å²) in [5.74, 6) is -0.939. The maximum Gasteiger partial charge on any atom is 0.345 e. The van der Waals surface area contributed by atoms with Gasteiger partial charge >= 0.3 is 5.97 Å². The Balaban J connectivity index is 2.51. The lowest BCUT2D eigenvalue weighted by molar-refractivity contribution is 0.0702. The molecule has 0 amide bonds. The maximum absolute atomic E-state index is 11.0. The molecule has 0 atom stereocenters. The number of para-hydroxylation sites is 1. The highest BCUT2D eigenvalue weighted by atomic mass is 35.5. The molecule has 0 saturated heterocycles. The molecule has 2 heterocycles. The number of carboxylic acids is 1. The highest BCUT2D eigenvalue weighted by molar-refractivity contribution is 7.21. The molecule has 0 aliphatic rings. The largest absolute Gasteiger partial charge is 0.477 e. The number of thiophene rings is 1. The molecular formula is C12H6ClNO2S. The molecule has 3 aromatic rings. The van der Waals surface area contributed by atoms with Crippen molar-refractivity contribution in [3.05, 3.63) is 40.4 Å². The highest BCUT2D eigenvalue weighted by Gasteiger charge is 2.14. The minimum atomic E-state index is -0.939. The van der Waals surface area contributed by atoms with E-state index in [1.54, 1.807) is 6.07 Å². The van der Waals surface area contributed by atoms with Crippen LogP contribution in [-0.2, 0) is 0 Å². The van der Waals surface area contributed by atoms with E-state index in [1.165, 1.54) is 11.3 Å². The number of aromatic nitrogens is 1. The van der Waals surface area contributed by atoms with Crippen LogP contribution in [0.5, 0.6) is 0 Å². The van der Waals surface area contributed by atoms with Crippen LogP contribution in [0.15, 0.2) is 30.3 Å². The Morgan fingerprint density at radius 1 is 1.29 bits per heavy atom. The average Bonchev–Trinajstić information content (AvgIpc) is 2.75. The number of fused-ring (bicyclic) bond motifs is 3. The number of nitrogens with zero attached hydrogens (tertiary/aromatic N) is 1. The topological polar surface area (TPSA) is 50.2 Å². The third kappa shape index (κ3) is 1.57. The predicted molar refractivity (Wildman–Crippen MR) is 69.1 cm³/mol. The highest BCUT2D eigenvalue weighted by Crippen LogP contribution is 2.35. The van der Waals surface area contributed by atoms with Crippen molar-refractivity contribution in [2.45, 2.75) is 0 Å². The molecule has 0 fully saturated rings. The van der Waals surface area contributed by atoms with Gasteiger partial charge in [0.25, 0.3) is 0 Å². The Bertz CT molecular complexity index is 751. The zero-order valence-corrected chi connectivity index (χ0v) is 10.0. The summed E-state index contributed by atoms with van der Waals surface area (Å²) < 4.78 is 0.873. The first kappa shape index (κ1) is 10.5. The van der Waals surface area contributed by atoms with Crippen molar-refractivity contribution in [3.8, 4) is 0 Å². The molecule has 0 unspecified atom stereocenters. The first-order chi connectivity index (χ1) is 8.16. The van der Waals surface area contributed by atoms with Crippen LogP contribution in [0, 0.1) is 0 Å². The predicted octanol–water partition coefficient (Wildman–Crippen LogP) is 3.80. The number of carboxylic acid groups (broad SMARTS) is 1. The van der Waals surface area contributed by atoms with E-state index in [9.17, 15) is 4.79 Å². The Kier molecular flexibility index (Phi) is 2.28. The number of pyridine rings is 1. The summed E-state index contributed by atoms with van der Waals surface area (Å²) >= 11 is 7.28. The molecule has 0 saturated carbocycles. The molecule has 0 bridgehead atoms. The summed E-state index contributed by atoms with van der Waals surface area (Å²) in [5.41, 5.74) is 0.781. The lowest BCUT2D eigenvalue weighted by atomic mass is 10.2. The van der Waals surface area contributed by atoms with E-state index in [1.807, 2.05) is 24.3 Å². The fraction of sp³-hybridized carbons (Fsp3) is 0. The Morgan fingerprint density at radius 2 is 2.06 bits per heavy atom. The van der Waals surface area contributed by atoms with E-state index < -0.39 is 5.97 Å². The molecule has 3 nitrogen and oxygen atoms in total. The second-order valence-electron chi connectivity index (χ2n) is 3.58. The zero-order chi connectivity index (χ0) is 12.0. The quantitative estimate of drug-likeness (QED) is 0.680. The minimum absolute atomic E-state index is 0.278. The van der Waals surface area contributed by atoms with Gasteiger partial charge in [0, 0.05) is 15.5 Å². The normalized spacial score (nSPS) is 11.1.